The van der Waals surface area contributed by atoms with E-state index in [-0.39, 0.29) is 36.0 Å². The van der Waals surface area contributed by atoms with E-state index in [4.69, 9.17) is 27.2 Å². The number of methoxy groups -OCH3 is 2. The molecule has 0 aliphatic rings. The van der Waals surface area contributed by atoms with Gasteiger partial charge in [0, 0.05) is 6.08 Å². The molecule has 0 aliphatic carbocycles. The van der Waals surface area contributed by atoms with E-state index in [1.807, 2.05) is 6.07 Å². The summed E-state index contributed by atoms with van der Waals surface area (Å²) in [6.07, 6.45) is 2.43. The average molecular weight is 348 g/mol. The molecule has 5 nitrogen and oxygen atoms in total. The molecule has 2 rings (SSSR count). The van der Waals surface area contributed by atoms with Crippen LogP contribution in [0.5, 0.6) is 17.2 Å². The molecule has 0 atom stereocenters. The van der Waals surface area contributed by atoms with Crippen LogP contribution in [0.15, 0.2) is 48.5 Å². The van der Waals surface area contributed by atoms with Crippen LogP contribution in [0.4, 0.5) is 0 Å². The van der Waals surface area contributed by atoms with Gasteiger partial charge in [0.15, 0.2) is 11.5 Å². The number of hydrogen-bond acceptors (Lipinski definition) is 5. The summed E-state index contributed by atoms with van der Waals surface area (Å²) in [5, 5.41) is 0. The first-order chi connectivity index (χ1) is 14.5. The number of esters is 1. The average Bonchev–Trinajstić information content (AvgIpc) is 2.64. The Morgan fingerprint density at radius 2 is 1.80 bits per heavy atom. The van der Waals surface area contributed by atoms with Crippen molar-refractivity contribution in [2.24, 2.45) is 0 Å². The van der Waals surface area contributed by atoms with Crippen LogP contribution in [-0.2, 0) is 16.1 Å². The van der Waals surface area contributed by atoms with E-state index in [1.54, 1.807) is 31.2 Å². The number of hydrogen-bond donors (Lipinski definition) is 0. The van der Waals surface area contributed by atoms with Gasteiger partial charge in [0.05, 0.1) is 28.9 Å². The van der Waals surface area contributed by atoms with Gasteiger partial charge >= 0.3 is 5.97 Å². The van der Waals surface area contributed by atoms with E-state index >= 15 is 0 Å². The molecule has 0 bridgehead atoms. The van der Waals surface area contributed by atoms with E-state index in [9.17, 15) is 4.79 Å². The SMILES string of the molecule is [2H]C([2H])([2H])Oc1cc(/C=C/C(=O)OCC)cc(OC([2H])([2H])[2H])c1OCc1ccccc1. The van der Waals surface area contributed by atoms with Crippen molar-refractivity contribution >= 4 is 12.0 Å². The van der Waals surface area contributed by atoms with Gasteiger partial charge < -0.3 is 18.9 Å². The monoisotopic (exact) mass is 348 g/mol. The van der Waals surface area contributed by atoms with E-state index in [2.05, 4.69) is 0 Å². The van der Waals surface area contributed by atoms with Gasteiger partial charge in [-0.15, -0.1) is 0 Å². The largest absolute Gasteiger partial charge is 0.493 e. The fourth-order valence-corrected chi connectivity index (χ4v) is 2.07. The molecule has 2 aromatic carbocycles. The first-order valence-electron chi connectivity index (χ1n) is 10.5. The highest BCUT2D eigenvalue weighted by Crippen LogP contribution is 2.39. The molecule has 0 saturated carbocycles. The molecule has 0 amide bonds. The van der Waals surface area contributed by atoms with Crippen LogP contribution in [0.25, 0.3) is 6.08 Å². The van der Waals surface area contributed by atoms with Crippen molar-refractivity contribution in [3.63, 3.8) is 0 Å². The molecule has 0 unspecified atom stereocenters. The Morgan fingerprint density at radius 3 is 2.40 bits per heavy atom. The maximum absolute atomic E-state index is 11.6. The van der Waals surface area contributed by atoms with Crippen molar-refractivity contribution in [3.05, 3.63) is 59.7 Å². The van der Waals surface area contributed by atoms with Gasteiger partial charge in [0.1, 0.15) is 6.61 Å². The molecule has 0 spiro atoms. The van der Waals surface area contributed by atoms with Crippen LogP contribution in [0, 0.1) is 0 Å². The van der Waals surface area contributed by atoms with Crippen molar-refractivity contribution in [2.45, 2.75) is 13.5 Å². The molecule has 0 N–H and O–H groups in total. The minimum absolute atomic E-state index is 0.00751. The predicted molar refractivity (Wildman–Crippen MR) is 96.0 cm³/mol. The van der Waals surface area contributed by atoms with Crippen molar-refractivity contribution in [2.75, 3.05) is 20.7 Å². The van der Waals surface area contributed by atoms with Gasteiger partial charge in [-0.3, -0.25) is 0 Å². The van der Waals surface area contributed by atoms with Gasteiger partial charge in [0.2, 0.25) is 5.75 Å². The predicted octanol–water partition coefficient (Wildman–Crippen LogP) is 3.86. The zero-order chi connectivity index (χ0) is 23.1. The molecular formula is C20H22O5. The lowest BCUT2D eigenvalue weighted by Crippen LogP contribution is -2.01. The normalized spacial score (nSPS) is 15.1. The Hall–Kier alpha value is -2.95. The first kappa shape index (κ1) is 11.6. The Kier molecular flexibility index (Phi) is 4.34. The van der Waals surface area contributed by atoms with Gasteiger partial charge in [0.25, 0.3) is 0 Å². The number of benzene rings is 2. The molecule has 0 heterocycles. The minimum Gasteiger partial charge on any atom is -0.493 e. The summed E-state index contributed by atoms with van der Waals surface area (Å²) in [5.74, 6) is -1.34. The minimum atomic E-state index is -2.84. The fourth-order valence-electron chi connectivity index (χ4n) is 2.07. The number of rotatable bonds is 8. The van der Waals surface area contributed by atoms with Crippen LogP contribution in [0.1, 0.15) is 26.3 Å². The molecule has 0 aromatic heterocycles. The third-order valence-electron chi connectivity index (χ3n) is 3.19. The third kappa shape index (κ3) is 5.28. The van der Waals surface area contributed by atoms with Crippen molar-refractivity contribution in [1.82, 2.24) is 0 Å². The summed E-state index contributed by atoms with van der Waals surface area (Å²) in [6.45, 7) is 1.83. The highest BCUT2D eigenvalue weighted by molar-refractivity contribution is 5.87. The summed E-state index contributed by atoms with van der Waals surface area (Å²) in [5.41, 5.74) is 1.01. The van der Waals surface area contributed by atoms with Gasteiger partial charge in [-0.2, -0.15) is 0 Å². The summed E-state index contributed by atoms with van der Waals surface area (Å²) in [7, 11) is -5.68. The maximum Gasteiger partial charge on any atom is 0.330 e. The van der Waals surface area contributed by atoms with E-state index in [0.29, 0.717) is 0 Å². The molecule has 2 aromatic rings. The summed E-state index contributed by atoms with van der Waals surface area (Å²) in [4.78, 5) is 11.6. The fraction of sp³-hybridized carbons (Fsp3) is 0.250. The van der Waals surface area contributed by atoms with E-state index in [0.717, 1.165) is 11.6 Å². The highest BCUT2D eigenvalue weighted by atomic mass is 16.5. The number of ether oxygens (including phenoxy) is 4. The topological polar surface area (TPSA) is 54.0 Å². The van der Waals surface area contributed by atoms with Gasteiger partial charge in [-0.1, -0.05) is 30.3 Å². The number of carbonyl (C=O) groups is 1. The molecule has 25 heavy (non-hydrogen) atoms. The Morgan fingerprint density at radius 1 is 1.12 bits per heavy atom. The molecule has 0 fully saturated rings. The van der Waals surface area contributed by atoms with Crippen LogP contribution < -0.4 is 14.2 Å². The first-order valence-corrected chi connectivity index (χ1v) is 7.54. The van der Waals surface area contributed by atoms with Crippen molar-refractivity contribution in [1.29, 1.82) is 0 Å². The quantitative estimate of drug-likeness (QED) is 0.536. The lowest BCUT2D eigenvalue weighted by molar-refractivity contribution is -0.137. The van der Waals surface area contributed by atoms with Crippen LogP contribution in [-0.4, -0.2) is 26.7 Å². The van der Waals surface area contributed by atoms with Gasteiger partial charge in [-0.25, -0.2) is 4.79 Å². The zero-order valence-corrected chi connectivity index (χ0v) is 13.7. The lowest BCUT2D eigenvalue weighted by Gasteiger charge is -2.15. The second-order valence-electron chi connectivity index (χ2n) is 4.91. The van der Waals surface area contributed by atoms with Crippen LogP contribution in [0.2, 0.25) is 0 Å². The third-order valence-corrected chi connectivity index (χ3v) is 3.19. The molecule has 132 valence electrons. The Balaban J connectivity index is 2.49. The molecule has 5 heteroatoms. The Bertz CT molecular complexity index is 870. The smallest absolute Gasteiger partial charge is 0.330 e. The zero-order valence-electron chi connectivity index (χ0n) is 19.7. The highest BCUT2D eigenvalue weighted by Gasteiger charge is 2.14. The molecule has 0 radical (unpaired) electrons. The van der Waals surface area contributed by atoms with Gasteiger partial charge in [-0.05, 0) is 36.3 Å². The standard InChI is InChI=1S/C20H22O5/c1-4-24-19(21)11-10-16-12-17(22-2)20(18(13-16)23-3)25-14-15-8-6-5-7-9-15/h5-13H,4,14H2,1-3H3/b11-10+/i2D3,3D3. The van der Waals surface area contributed by atoms with Crippen LogP contribution in [0.3, 0.4) is 0 Å². The summed E-state index contributed by atoms with van der Waals surface area (Å²) >= 11 is 0. The van der Waals surface area contributed by atoms with E-state index < -0.39 is 20.0 Å². The summed E-state index contributed by atoms with van der Waals surface area (Å²) in [6, 6.07) is 11.6. The summed E-state index contributed by atoms with van der Waals surface area (Å²) < 4.78 is 65.1. The van der Waals surface area contributed by atoms with E-state index in [1.165, 1.54) is 18.2 Å². The lowest BCUT2D eigenvalue weighted by atomic mass is 10.1. The van der Waals surface area contributed by atoms with Crippen molar-refractivity contribution in [3.8, 4) is 17.2 Å². The second kappa shape index (κ2) is 9.37. The molecular weight excluding hydrogens is 320 g/mol. The maximum atomic E-state index is 11.6. The molecule has 0 aliphatic heterocycles. The molecule has 0 saturated heterocycles. The second-order valence-corrected chi connectivity index (χ2v) is 4.91. The van der Waals surface area contributed by atoms with Crippen LogP contribution >= 0.6 is 0 Å². The number of carbonyl (C=O) groups excluding carboxylic acids is 1. The Labute approximate surface area is 156 Å². The van der Waals surface area contributed by atoms with Crippen molar-refractivity contribution < 1.29 is 32.0 Å².